The number of rotatable bonds is 7. The third-order valence-electron chi connectivity index (χ3n) is 3.47. The summed E-state index contributed by atoms with van der Waals surface area (Å²) >= 11 is 5.22. The first-order valence-corrected chi connectivity index (χ1v) is 8.79. The molecule has 0 saturated heterocycles. The zero-order chi connectivity index (χ0) is 15.2. The summed E-state index contributed by atoms with van der Waals surface area (Å²) in [5.74, 6) is 0.194. The topological polar surface area (TPSA) is 20.3 Å². The molecule has 1 aromatic carbocycles. The Balaban J connectivity index is 1.96. The average Bonchev–Trinajstić information content (AvgIpc) is 2.96. The van der Waals surface area contributed by atoms with Crippen LogP contribution in [-0.4, -0.2) is 23.3 Å². The molecule has 112 valence electrons. The minimum absolute atomic E-state index is 0.194. The third-order valence-corrected chi connectivity index (χ3v) is 5.02. The van der Waals surface area contributed by atoms with Gasteiger partial charge in [-0.25, -0.2) is 0 Å². The Bertz CT molecular complexity index is 580. The Morgan fingerprint density at radius 3 is 2.62 bits per heavy atom. The Hall–Kier alpha value is -0.970. The van der Waals surface area contributed by atoms with Crippen molar-refractivity contribution in [1.29, 1.82) is 0 Å². The van der Waals surface area contributed by atoms with Crippen molar-refractivity contribution in [1.82, 2.24) is 4.90 Å². The normalized spacial score (nSPS) is 11.3. The number of carbonyl (C=O) groups excluding carboxylic acids is 1. The van der Waals surface area contributed by atoms with Crippen molar-refractivity contribution >= 4 is 33.0 Å². The predicted molar refractivity (Wildman–Crippen MR) is 93.0 cm³/mol. The van der Waals surface area contributed by atoms with Gasteiger partial charge in [0.1, 0.15) is 0 Å². The summed E-state index contributed by atoms with van der Waals surface area (Å²) in [6.07, 6.45) is 0.548. The van der Waals surface area contributed by atoms with E-state index in [4.69, 9.17) is 0 Å². The quantitative estimate of drug-likeness (QED) is 0.643. The van der Waals surface area contributed by atoms with E-state index >= 15 is 0 Å². The second-order valence-corrected chi connectivity index (χ2v) is 7.18. The van der Waals surface area contributed by atoms with Gasteiger partial charge >= 0.3 is 0 Å². The van der Waals surface area contributed by atoms with Crippen LogP contribution in [0.4, 0.5) is 0 Å². The highest BCUT2D eigenvalue weighted by Crippen LogP contribution is 2.19. The second-order valence-electron chi connectivity index (χ2n) is 5.30. The van der Waals surface area contributed by atoms with Crippen LogP contribution in [-0.2, 0) is 6.54 Å². The molecule has 0 aliphatic rings. The number of nitrogens with zero attached hydrogens (tertiary/aromatic N) is 1. The molecule has 0 spiro atoms. The lowest BCUT2D eigenvalue weighted by atomic mass is 10.1. The molecule has 1 aromatic heterocycles. The van der Waals surface area contributed by atoms with Crippen molar-refractivity contribution in [3.8, 4) is 0 Å². The van der Waals surface area contributed by atoms with Gasteiger partial charge in [-0.15, -0.1) is 11.3 Å². The molecule has 0 aliphatic heterocycles. The average molecular weight is 366 g/mol. The fourth-order valence-electron chi connectivity index (χ4n) is 2.19. The molecule has 0 atom stereocenters. The van der Waals surface area contributed by atoms with Crippen LogP contribution in [0.15, 0.2) is 46.3 Å². The molecule has 1 heterocycles. The molecule has 2 aromatic rings. The lowest BCUT2D eigenvalue weighted by molar-refractivity contribution is 0.0952. The van der Waals surface area contributed by atoms with Crippen LogP contribution >= 0.6 is 27.3 Å². The van der Waals surface area contributed by atoms with Crippen molar-refractivity contribution in [3.63, 3.8) is 0 Å². The predicted octanol–water partition coefficient (Wildman–Crippen LogP) is 4.99. The molecule has 0 bridgehead atoms. The van der Waals surface area contributed by atoms with Crippen LogP contribution in [0, 0.1) is 0 Å². The lowest BCUT2D eigenvalue weighted by Crippen LogP contribution is -2.32. The first-order chi connectivity index (χ1) is 10.1. The van der Waals surface area contributed by atoms with Gasteiger partial charge < -0.3 is 0 Å². The standard InChI is InChI=1S/C17H20BrNOS/c1-13(2)19(12-14-6-5-11-21-14)10-9-17(20)15-7-3-4-8-16(15)18/h3-8,11,13H,9-10,12H2,1-2H3. The zero-order valence-corrected chi connectivity index (χ0v) is 14.8. The maximum Gasteiger partial charge on any atom is 0.165 e. The molecule has 0 radical (unpaired) electrons. The van der Waals surface area contributed by atoms with Gasteiger partial charge in [-0.2, -0.15) is 0 Å². The van der Waals surface area contributed by atoms with E-state index in [0.29, 0.717) is 12.5 Å². The minimum atomic E-state index is 0.194. The maximum absolute atomic E-state index is 12.3. The number of carbonyl (C=O) groups is 1. The number of hydrogen-bond acceptors (Lipinski definition) is 3. The zero-order valence-electron chi connectivity index (χ0n) is 12.4. The van der Waals surface area contributed by atoms with E-state index in [0.717, 1.165) is 23.1 Å². The fraction of sp³-hybridized carbons (Fsp3) is 0.353. The number of ketones is 1. The number of halogens is 1. The van der Waals surface area contributed by atoms with E-state index in [1.165, 1.54) is 4.88 Å². The minimum Gasteiger partial charge on any atom is -0.295 e. The highest BCUT2D eigenvalue weighted by Gasteiger charge is 2.15. The molecule has 0 unspecified atom stereocenters. The number of benzene rings is 1. The van der Waals surface area contributed by atoms with Gasteiger partial charge in [-0.05, 0) is 31.4 Å². The van der Waals surface area contributed by atoms with E-state index in [2.05, 4.69) is 52.2 Å². The molecular weight excluding hydrogens is 346 g/mol. The fourth-order valence-corrected chi connectivity index (χ4v) is 3.43. The van der Waals surface area contributed by atoms with E-state index in [1.54, 1.807) is 11.3 Å². The van der Waals surface area contributed by atoms with Crippen LogP contribution in [0.2, 0.25) is 0 Å². The van der Waals surface area contributed by atoms with Gasteiger partial charge in [-0.1, -0.05) is 40.2 Å². The molecule has 2 rings (SSSR count). The summed E-state index contributed by atoms with van der Waals surface area (Å²) in [7, 11) is 0. The Morgan fingerprint density at radius 1 is 1.24 bits per heavy atom. The summed E-state index contributed by atoms with van der Waals surface area (Å²) in [5.41, 5.74) is 0.775. The third kappa shape index (κ3) is 4.77. The summed E-state index contributed by atoms with van der Waals surface area (Å²) in [5, 5.41) is 2.10. The van der Waals surface area contributed by atoms with E-state index in [1.807, 2.05) is 24.3 Å². The van der Waals surface area contributed by atoms with Crippen LogP contribution in [0.3, 0.4) is 0 Å². The molecular formula is C17H20BrNOS. The van der Waals surface area contributed by atoms with Crippen LogP contribution in [0.5, 0.6) is 0 Å². The Labute approximate surface area is 138 Å². The van der Waals surface area contributed by atoms with Crippen molar-refractivity contribution < 1.29 is 4.79 Å². The highest BCUT2D eigenvalue weighted by molar-refractivity contribution is 9.10. The van der Waals surface area contributed by atoms with Crippen LogP contribution in [0.1, 0.15) is 35.5 Å². The Morgan fingerprint density at radius 2 is 2.00 bits per heavy atom. The van der Waals surface area contributed by atoms with E-state index in [-0.39, 0.29) is 5.78 Å². The van der Waals surface area contributed by atoms with Gasteiger partial charge in [0.05, 0.1) is 0 Å². The molecule has 0 fully saturated rings. The number of hydrogen-bond donors (Lipinski definition) is 0. The monoisotopic (exact) mass is 365 g/mol. The SMILES string of the molecule is CC(C)N(CCC(=O)c1ccccc1Br)Cc1cccs1. The van der Waals surface area contributed by atoms with Gasteiger partial charge in [-0.3, -0.25) is 9.69 Å². The molecule has 0 aliphatic carbocycles. The second kappa shape index (κ2) is 7.87. The van der Waals surface area contributed by atoms with Gasteiger partial charge in [0.25, 0.3) is 0 Å². The van der Waals surface area contributed by atoms with Gasteiger partial charge in [0, 0.05) is 40.5 Å². The number of Topliss-reactive ketones (excluding diaryl/α,β-unsaturated/α-hetero) is 1. The summed E-state index contributed by atoms with van der Waals surface area (Å²) in [6, 6.07) is 12.3. The van der Waals surface area contributed by atoms with Crippen LogP contribution in [0.25, 0.3) is 0 Å². The largest absolute Gasteiger partial charge is 0.295 e. The molecule has 21 heavy (non-hydrogen) atoms. The molecule has 0 amide bonds. The van der Waals surface area contributed by atoms with Crippen molar-refractivity contribution in [3.05, 3.63) is 56.7 Å². The lowest BCUT2D eigenvalue weighted by Gasteiger charge is -2.25. The summed E-state index contributed by atoms with van der Waals surface area (Å²) in [4.78, 5) is 16.0. The van der Waals surface area contributed by atoms with Crippen molar-refractivity contribution in [2.75, 3.05) is 6.54 Å². The van der Waals surface area contributed by atoms with E-state index < -0.39 is 0 Å². The van der Waals surface area contributed by atoms with E-state index in [9.17, 15) is 4.79 Å². The van der Waals surface area contributed by atoms with Crippen molar-refractivity contribution in [2.45, 2.75) is 32.9 Å². The van der Waals surface area contributed by atoms with Gasteiger partial charge in [0.15, 0.2) is 5.78 Å². The molecule has 0 saturated carbocycles. The molecule has 0 N–H and O–H groups in total. The summed E-state index contributed by atoms with van der Waals surface area (Å²) in [6.45, 7) is 6.06. The first-order valence-electron chi connectivity index (χ1n) is 7.12. The highest BCUT2D eigenvalue weighted by atomic mass is 79.9. The smallest absolute Gasteiger partial charge is 0.165 e. The maximum atomic E-state index is 12.3. The first kappa shape index (κ1) is 16.4. The van der Waals surface area contributed by atoms with Crippen molar-refractivity contribution in [2.24, 2.45) is 0 Å². The molecule has 4 heteroatoms. The Kier molecular flexibility index (Phi) is 6.15. The number of thiophene rings is 1. The van der Waals surface area contributed by atoms with Gasteiger partial charge in [0.2, 0.25) is 0 Å². The van der Waals surface area contributed by atoms with Crippen LogP contribution < -0.4 is 0 Å². The molecule has 2 nitrogen and oxygen atoms in total. The summed E-state index contributed by atoms with van der Waals surface area (Å²) < 4.78 is 0.879.